The fraction of sp³-hybridized carbons (Fsp3) is 0.556. The molecule has 0 amide bonds. The van der Waals surface area contributed by atoms with Gasteiger partial charge < -0.3 is 19.5 Å². The number of piperidine rings is 1. The van der Waals surface area contributed by atoms with Crippen molar-refractivity contribution >= 4 is 12.3 Å². The fourth-order valence-corrected chi connectivity index (χ4v) is 5.67. The highest BCUT2D eigenvalue weighted by atomic mass is 16.6. The minimum Gasteiger partial charge on any atom is -0.477 e. The van der Waals surface area contributed by atoms with Crippen molar-refractivity contribution in [3.63, 3.8) is 0 Å². The van der Waals surface area contributed by atoms with Gasteiger partial charge in [0.05, 0.1) is 11.0 Å². The Bertz CT molecular complexity index is 777. The van der Waals surface area contributed by atoms with Crippen molar-refractivity contribution in [3.8, 4) is 11.5 Å². The zero-order valence-corrected chi connectivity index (χ0v) is 13.4. The molecule has 1 saturated carbocycles. The number of Topliss-reactive ketones (excluding diaryl/α,β-unsaturated/α-hetero) is 1. The van der Waals surface area contributed by atoms with E-state index in [0.29, 0.717) is 43.7 Å². The van der Waals surface area contributed by atoms with Gasteiger partial charge >= 0.3 is 0 Å². The standard InChI is InChI=1S/C18H19NO5/c1-19-7-6-17-14-10-2-3-12(23-9-20)15(14)24-16(17)11(21)4-5-18(17,22)13(19)8-10/h2-3,9,13,16,22H,4-8H2,1H3/t13-,16+,17+,18-/m1/s1. The van der Waals surface area contributed by atoms with Gasteiger partial charge in [-0.05, 0) is 44.5 Å². The second-order valence-electron chi connectivity index (χ2n) is 7.45. The zero-order chi connectivity index (χ0) is 16.7. The van der Waals surface area contributed by atoms with Crippen LogP contribution in [0.2, 0.25) is 0 Å². The lowest BCUT2D eigenvalue weighted by Gasteiger charge is -2.61. The van der Waals surface area contributed by atoms with Crippen LogP contribution in [0.4, 0.5) is 0 Å². The lowest BCUT2D eigenvalue weighted by atomic mass is 9.49. The van der Waals surface area contributed by atoms with Crippen LogP contribution in [0.3, 0.4) is 0 Å². The van der Waals surface area contributed by atoms with Crippen LogP contribution in [0.1, 0.15) is 30.4 Å². The van der Waals surface area contributed by atoms with Crippen LogP contribution in [0.15, 0.2) is 12.1 Å². The van der Waals surface area contributed by atoms with Crippen molar-refractivity contribution in [2.24, 2.45) is 0 Å². The van der Waals surface area contributed by atoms with Crippen LogP contribution in [-0.2, 0) is 21.4 Å². The molecule has 1 saturated heterocycles. The molecular formula is C18H19NO5. The number of hydrogen-bond acceptors (Lipinski definition) is 6. The van der Waals surface area contributed by atoms with Gasteiger partial charge in [-0.25, -0.2) is 0 Å². The highest BCUT2D eigenvalue weighted by Gasteiger charge is 2.72. The Morgan fingerprint density at radius 1 is 1.42 bits per heavy atom. The van der Waals surface area contributed by atoms with Gasteiger partial charge in [-0.15, -0.1) is 0 Å². The maximum absolute atomic E-state index is 12.7. The summed E-state index contributed by atoms with van der Waals surface area (Å²) >= 11 is 0. The molecule has 0 radical (unpaired) electrons. The molecule has 0 unspecified atom stereocenters. The van der Waals surface area contributed by atoms with Gasteiger partial charge in [0.25, 0.3) is 6.47 Å². The predicted octanol–water partition coefficient (Wildman–Crippen LogP) is 0.575. The smallest absolute Gasteiger partial charge is 0.298 e. The summed E-state index contributed by atoms with van der Waals surface area (Å²) in [6, 6.07) is 3.64. The molecule has 2 fully saturated rings. The summed E-state index contributed by atoms with van der Waals surface area (Å²) in [6.45, 7) is 1.17. The van der Waals surface area contributed by atoms with E-state index in [1.807, 2.05) is 13.1 Å². The molecule has 2 aliphatic heterocycles. The lowest BCUT2D eigenvalue weighted by Crippen LogP contribution is -2.76. The summed E-state index contributed by atoms with van der Waals surface area (Å²) in [4.78, 5) is 25.7. The van der Waals surface area contributed by atoms with Crippen molar-refractivity contribution in [1.29, 1.82) is 0 Å². The number of likely N-dealkylation sites (N-methyl/N-ethyl adjacent to an activating group) is 1. The van der Waals surface area contributed by atoms with E-state index in [1.165, 1.54) is 0 Å². The average molecular weight is 329 g/mol. The highest BCUT2D eigenvalue weighted by molar-refractivity contribution is 5.90. The maximum Gasteiger partial charge on any atom is 0.298 e. The molecule has 1 aromatic rings. The number of ketones is 1. The number of aliphatic hydroxyl groups is 1. The molecule has 2 aliphatic carbocycles. The number of carbonyl (C=O) groups excluding carboxylic acids is 2. The van der Waals surface area contributed by atoms with E-state index < -0.39 is 17.1 Å². The third kappa shape index (κ3) is 1.37. The Morgan fingerprint density at radius 2 is 2.25 bits per heavy atom. The second kappa shape index (κ2) is 4.37. The Balaban J connectivity index is 1.83. The summed E-state index contributed by atoms with van der Waals surface area (Å²) in [5.41, 5.74) is 0.273. The van der Waals surface area contributed by atoms with Crippen molar-refractivity contribution in [1.82, 2.24) is 4.90 Å². The molecule has 2 bridgehead atoms. The Kier molecular flexibility index (Phi) is 2.63. The van der Waals surface area contributed by atoms with E-state index in [4.69, 9.17) is 9.47 Å². The van der Waals surface area contributed by atoms with Crippen molar-refractivity contribution < 1.29 is 24.2 Å². The first kappa shape index (κ1) is 14.4. The molecule has 6 nitrogen and oxygen atoms in total. The number of rotatable bonds is 2. The van der Waals surface area contributed by atoms with Crippen LogP contribution in [0.5, 0.6) is 11.5 Å². The van der Waals surface area contributed by atoms with E-state index in [9.17, 15) is 14.7 Å². The van der Waals surface area contributed by atoms with Crippen LogP contribution < -0.4 is 9.47 Å². The van der Waals surface area contributed by atoms with Crippen LogP contribution in [0, 0.1) is 0 Å². The molecule has 5 rings (SSSR count). The van der Waals surface area contributed by atoms with Gasteiger partial charge in [-0.1, -0.05) is 6.07 Å². The molecule has 1 aromatic carbocycles. The predicted molar refractivity (Wildman–Crippen MR) is 83.2 cm³/mol. The van der Waals surface area contributed by atoms with Crippen LogP contribution in [0.25, 0.3) is 0 Å². The number of nitrogens with zero attached hydrogens (tertiary/aromatic N) is 1. The van der Waals surface area contributed by atoms with E-state index in [0.717, 1.165) is 17.7 Å². The van der Waals surface area contributed by atoms with Gasteiger partial charge in [0.15, 0.2) is 23.4 Å². The average Bonchev–Trinajstić information content (AvgIpc) is 2.92. The number of likely N-dealkylation sites (tertiary alicyclic amines) is 1. The Labute approximate surface area is 139 Å². The molecule has 4 aliphatic rings. The van der Waals surface area contributed by atoms with Crippen molar-refractivity contribution in [2.75, 3.05) is 13.6 Å². The number of hydrogen-bond donors (Lipinski definition) is 1. The lowest BCUT2D eigenvalue weighted by molar-refractivity contribution is -0.185. The SMILES string of the molecule is CN1CC[C@]23c4c5ccc(OC=O)c4O[C@H]2C(=O)CC[C@@]3(O)[C@H]1C5. The van der Waals surface area contributed by atoms with Crippen molar-refractivity contribution in [3.05, 3.63) is 23.3 Å². The number of benzene rings is 1. The molecule has 2 heterocycles. The molecule has 126 valence electrons. The van der Waals surface area contributed by atoms with Gasteiger partial charge in [0.2, 0.25) is 0 Å². The summed E-state index contributed by atoms with van der Waals surface area (Å²) in [5, 5.41) is 11.7. The molecule has 1 N–H and O–H groups in total. The number of carbonyl (C=O) groups is 2. The largest absolute Gasteiger partial charge is 0.477 e. The van der Waals surface area contributed by atoms with E-state index >= 15 is 0 Å². The van der Waals surface area contributed by atoms with Gasteiger partial charge in [0.1, 0.15) is 0 Å². The Hall–Kier alpha value is -1.92. The maximum atomic E-state index is 12.7. The number of ether oxygens (including phenoxy) is 2. The van der Waals surface area contributed by atoms with Crippen molar-refractivity contribution in [2.45, 2.75) is 48.8 Å². The monoisotopic (exact) mass is 329 g/mol. The van der Waals surface area contributed by atoms with E-state index in [1.54, 1.807) is 6.07 Å². The topological polar surface area (TPSA) is 76.1 Å². The molecular weight excluding hydrogens is 310 g/mol. The normalized spacial score (nSPS) is 39.2. The van der Waals surface area contributed by atoms with Crippen LogP contribution >= 0.6 is 0 Å². The summed E-state index contributed by atoms with van der Waals surface area (Å²) in [5.74, 6) is 0.838. The third-order valence-corrected chi connectivity index (χ3v) is 6.69. The first-order valence-corrected chi connectivity index (χ1v) is 8.41. The summed E-state index contributed by atoms with van der Waals surface area (Å²) in [7, 11) is 2.03. The summed E-state index contributed by atoms with van der Waals surface area (Å²) in [6.07, 6.45) is 1.47. The minimum atomic E-state index is -0.989. The zero-order valence-electron chi connectivity index (χ0n) is 13.4. The molecule has 24 heavy (non-hydrogen) atoms. The highest BCUT2D eigenvalue weighted by Crippen LogP contribution is 2.64. The van der Waals surface area contributed by atoms with Gasteiger partial charge in [-0.3, -0.25) is 9.59 Å². The summed E-state index contributed by atoms with van der Waals surface area (Å²) < 4.78 is 11.1. The van der Waals surface area contributed by atoms with E-state index in [-0.39, 0.29) is 11.8 Å². The molecule has 1 spiro atoms. The fourth-order valence-electron chi connectivity index (χ4n) is 5.67. The Morgan fingerprint density at radius 3 is 3.04 bits per heavy atom. The van der Waals surface area contributed by atoms with Gasteiger partial charge in [-0.2, -0.15) is 0 Å². The van der Waals surface area contributed by atoms with Gasteiger partial charge in [0, 0.05) is 18.0 Å². The molecule has 0 aromatic heterocycles. The van der Waals surface area contributed by atoms with E-state index in [2.05, 4.69) is 4.90 Å². The molecule has 4 atom stereocenters. The second-order valence-corrected chi connectivity index (χ2v) is 7.45. The first-order chi connectivity index (χ1) is 11.5. The van der Waals surface area contributed by atoms with Crippen LogP contribution in [-0.4, -0.2) is 53.6 Å². The quantitative estimate of drug-likeness (QED) is 0.800. The third-order valence-electron chi connectivity index (χ3n) is 6.69. The minimum absolute atomic E-state index is 0.0262. The first-order valence-electron chi connectivity index (χ1n) is 8.41. The molecule has 6 heteroatoms.